The fourth-order valence-corrected chi connectivity index (χ4v) is 2.25. The molecule has 0 amide bonds. The van der Waals surface area contributed by atoms with Gasteiger partial charge in [0, 0.05) is 0 Å². The van der Waals surface area contributed by atoms with Crippen LogP contribution in [-0.2, 0) is 11.2 Å². The highest BCUT2D eigenvalue weighted by atomic mass is 19.1. The highest BCUT2D eigenvalue weighted by molar-refractivity contribution is 5.31. The second-order valence-corrected chi connectivity index (χ2v) is 4.88. The molecule has 1 aliphatic heterocycles. The van der Waals surface area contributed by atoms with E-state index in [1.165, 1.54) is 12.1 Å². The molecule has 0 aliphatic carbocycles. The summed E-state index contributed by atoms with van der Waals surface area (Å²) in [5.74, 6) is -1.70. The van der Waals surface area contributed by atoms with E-state index in [-0.39, 0.29) is 24.6 Å². The van der Waals surface area contributed by atoms with Crippen molar-refractivity contribution in [2.45, 2.75) is 38.4 Å². The van der Waals surface area contributed by atoms with E-state index in [4.69, 9.17) is 15.2 Å². The van der Waals surface area contributed by atoms with Crippen LogP contribution in [0.4, 0.5) is 8.78 Å². The molecule has 3 nitrogen and oxygen atoms in total. The number of halogens is 2. The summed E-state index contributed by atoms with van der Waals surface area (Å²) in [6.07, 6.45) is 2.36. The minimum Gasteiger partial charge on any atom is -0.485 e. The normalized spacial score (nSPS) is 22.7. The summed E-state index contributed by atoms with van der Waals surface area (Å²) in [5.41, 5.74) is 5.90. The molecule has 0 radical (unpaired) electrons. The Morgan fingerprint density at radius 2 is 2.00 bits per heavy atom. The SMILES string of the molecule is CC1CCC(COc2c(F)cc(CCN)cc2F)O1. The smallest absolute Gasteiger partial charge is 0.190 e. The molecule has 0 spiro atoms. The van der Waals surface area contributed by atoms with E-state index in [1.807, 2.05) is 6.92 Å². The van der Waals surface area contributed by atoms with Gasteiger partial charge in [-0.25, -0.2) is 8.78 Å². The minimum atomic E-state index is -0.686. The molecule has 1 saturated heterocycles. The van der Waals surface area contributed by atoms with Crippen LogP contribution in [0, 0.1) is 11.6 Å². The first kappa shape index (κ1) is 14.2. The van der Waals surface area contributed by atoms with Crippen LogP contribution < -0.4 is 10.5 Å². The third kappa shape index (κ3) is 3.64. The molecular weight excluding hydrogens is 252 g/mol. The topological polar surface area (TPSA) is 44.5 Å². The number of benzene rings is 1. The predicted molar refractivity (Wildman–Crippen MR) is 68.2 cm³/mol. The maximum absolute atomic E-state index is 13.7. The zero-order valence-electron chi connectivity index (χ0n) is 11.0. The van der Waals surface area contributed by atoms with Gasteiger partial charge in [-0.3, -0.25) is 0 Å². The summed E-state index contributed by atoms with van der Waals surface area (Å²) in [6, 6.07) is 2.53. The molecule has 2 N–H and O–H groups in total. The van der Waals surface area contributed by atoms with Crippen LogP contribution in [0.5, 0.6) is 5.75 Å². The lowest BCUT2D eigenvalue weighted by molar-refractivity contribution is 0.0247. The first-order valence-electron chi connectivity index (χ1n) is 6.56. The zero-order chi connectivity index (χ0) is 13.8. The largest absolute Gasteiger partial charge is 0.485 e. The van der Waals surface area contributed by atoms with Crippen molar-refractivity contribution in [2.24, 2.45) is 5.73 Å². The third-order valence-corrected chi connectivity index (χ3v) is 3.22. The molecule has 1 fully saturated rings. The van der Waals surface area contributed by atoms with E-state index in [9.17, 15) is 8.78 Å². The summed E-state index contributed by atoms with van der Waals surface area (Å²) in [4.78, 5) is 0. The molecule has 1 aromatic rings. The average molecular weight is 271 g/mol. The van der Waals surface area contributed by atoms with Crippen LogP contribution in [0.2, 0.25) is 0 Å². The lowest BCUT2D eigenvalue weighted by Crippen LogP contribution is -2.19. The molecule has 1 aliphatic rings. The van der Waals surface area contributed by atoms with Crippen molar-refractivity contribution < 1.29 is 18.3 Å². The number of hydrogen-bond acceptors (Lipinski definition) is 3. The van der Waals surface area contributed by atoms with Crippen LogP contribution in [0.15, 0.2) is 12.1 Å². The van der Waals surface area contributed by atoms with Gasteiger partial charge in [0.15, 0.2) is 17.4 Å². The first-order valence-corrected chi connectivity index (χ1v) is 6.56. The van der Waals surface area contributed by atoms with E-state index in [0.29, 0.717) is 18.5 Å². The summed E-state index contributed by atoms with van der Waals surface area (Å²) >= 11 is 0. The van der Waals surface area contributed by atoms with Gasteiger partial charge < -0.3 is 15.2 Å². The van der Waals surface area contributed by atoms with Crippen molar-refractivity contribution in [3.63, 3.8) is 0 Å². The number of hydrogen-bond donors (Lipinski definition) is 1. The van der Waals surface area contributed by atoms with Crippen molar-refractivity contribution in [3.05, 3.63) is 29.3 Å². The van der Waals surface area contributed by atoms with Gasteiger partial charge in [0.1, 0.15) is 6.61 Å². The van der Waals surface area contributed by atoms with E-state index in [0.717, 1.165) is 12.8 Å². The second-order valence-electron chi connectivity index (χ2n) is 4.88. The van der Waals surface area contributed by atoms with Gasteiger partial charge in [-0.15, -0.1) is 0 Å². The van der Waals surface area contributed by atoms with Gasteiger partial charge in [0.2, 0.25) is 0 Å². The maximum Gasteiger partial charge on any atom is 0.190 e. The van der Waals surface area contributed by atoms with E-state index in [2.05, 4.69) is 0 Å². The lowest BCUT2D eigenvalue weighted by atomic mass is 10.1. The van der Waals surface area contributed by atoms with Gasteiger partial charge in [0.25, 0.3) is 0 Å². The Bertz CT molecular complexity index is 416. The molecule has 0 saturated carbocycles. The Morgan fingerprint density at radius 3 is 2.53 bits per heavy atom. The fourth-order valence-electron chi connectivity index (χ4n) is 2.25. The molecule has 1 aromatic carbocycles. The Labute approximate surface area is 111 Å². The lowest BCUT2D eigenvalue weighted by Gasteiger charge is -2.14. The van der Waals surface area contributed by atoms with Crippen LogP contribution in [0.1, 0.15) is 25.3 Å². The monoisotopic (exact) mass is 271 g/mol. The quantitative estimate of drug-likeness (QED) is 0.894. The summed E-state index contributed by atoms with van der Waals surface area (Å²) in [7, 11) is 0. The van der Waals surface area contributed by atoms with Crippen LogP contribution >= 0.6 is 0 Å². The molecule has 0 aromatic heterocycles. The molecule has 2 rings (SSSR count). The van der Waals surface area contributed by atoms with E-state index < -0.39 is 11.6 Å². The summed E-state index contributed by atoms with van der Waals surface area (Å²) < 4.78 is 38.2. The van der Waals surface area contributed by atoms with E-state index >= 15 is 0 Å². The standard InChI is InChI=1S/C14H19F2NO2/c1-9-2-3-11(19-9)8-18-14-12(15)6-10(4-5-17)7-13(14)16/h6-7,9,11H,2-5,8,17H2,1H3. The molecule has 2 atom stereocenters. The molecular formula is C14H19F2NO2. The van der Waals surface area contributed by atoms with Crippen molar-refractivity contribution in [1.29, 1.82) is 0 Å². The third-order valence-electron chi connectivity index (χ3n) is 3.22. The minimum absolute atomic E-state index is 0.0856. The van der Waals surface area contributed by atoms with Crippen molar-refractivity contribution in [2.75, 3.05) is 13.2 Å². The Morgan fingerprint density at radius 1 is 1.32 bits per heavy atom. The predicted octanol–water partition coefficient (Wildman–Crippen LogP) is 2.41. The molecule has 106 valence electrons. The summed E-state index contributed by atoms with van der Waals surface area (Å²) in [6.45, 7) is 2.50. The average Bonchev–Trinajstić information content (AvgIpc) is 2.74. The molecule has 2 unspecified atom stereocenters. The van der Waals surface area contributed by atoms with Crippen LogP contribution in [-0.4, -0.2) is 25.4 Å². The molecule has 1 heterocycles. The fraction of sp³-hybridized carbons (Fsp3) is 0.571. The van der Waals surface area contributed by atoms with Gasteiger partial charge in [0.05, 0.1) is 12.2 Å². The van der Waals surface area contributed by atoms with Crippen LogP contribution in [0.25, 0.3) is 0 Å². The second kappa shape index (κ2) is 6.30. The maximum atomic E-state index is 13.7. The van der Waals surface area contributed by atoms with E-state index in [1.54, 1.807) is 0 Å². The van der Waals surface area contributed by atoms with Crippen molar-refractivity contribution in [3.8, 4) is 5.75 Å². The van der Waals surface area contributed by atoms with Crippen LogP contribution in [0.3, 0.4) is 0 Å². The number of rotatable bonds is 5. The van der Waals surface area contributed by atoms with Gasteiger partial charge in [-0.05, 0) is 50.4 Å². The van der Waals surface area contributed by atoms with Crippen molar-refractivity contribution >= 4 is 0 Å². The Balaban J connectivity index is 2.00. The Hall–Kier alpha value is -1.20. The Kier molecular flexibility index (Phi) is 4.71. The highest BCUT2D eigenvalue weighted by Crippen LogP contribution is 2.25. The van der Waals surface area contributed by atoms with Crippen molar-refractivity contribution in [1.82, 2.24) is 0 Å². The molecule has 0 bridgehead atoms. The number of nitrogens with two attached hydrogens (primary N) is 1. The number of ether oxygens (including phenoxy) is 2. The summed E-state index contributed by atoms with van der Waals surface area (Å²) in [5, 5.41) is 0. The van der Waals surface area contributed by atoms with Gasteiger partial charge in [-0.1, -0.05) is 0 Å². The molecule has 19 heavy (non-hydrogen) atoms. The highest BCUT2D eigenvalue weighted by Gasteiger charge is 2.23. The molecule has 5 heteroatoms. The van der Waals surface area contributed by atoms with Gasteiger partial charge in [-0.2, -0.15) is 0 Å². The van der Waals surface area contributed by atoms with Gasteiger partial charge >= 0.3 is 0 Å². The zero-order valence-corrected chi connectivity index (χ0v) is 11.0. The first-order chi connectivity index (χ1) is 9.10.